The van der Waals surface area contributed by atoms with Crippen molar-refractivity contribution in [1.29, 1.82) is 0 Å². The van der Waals surface area contributed by atoms with E-state index >= 15 is 0 Å². The van der Waals surface area contributed by atoms with Gasteiger partial charge in [0.15, 0.2) is 0 Å². The van der Waals surface area contributed by atoms with Crippen molar-refractivity contribution in [3.63, 3.8) is 0 Å². The van der Waals surface area contributed by atoms with Gasteiger partial charge in [0.1, 0.15) is 11.6 Å². The predicted octanol–water partition coefficient (Wildman–Crippen LogP) is 1.89. The van der Waals surface area contributed by atoms with Crippen LogP contribution in [0.4, 0.5) is 5.82 Å². The molecule has 0 atom stereocenters. The van der Waals surface area contributed by atoms with Gasteiger partial charge in [-0.15, -0.1) is 0 Å². The van der Waals surface area contributed by atoms with Crippen molar-refractivity contribution in [2.75, 3.05) is 11.9 Å². The van der Waals surface area contributed by atoms with Gasteiger partial charge >= 0.3 is 0 Å². The van der Waals surface area contributed by atoms with Crippen LogP contribution in [-0.4, -0.2) is 27.2 Å². The van der Waals surface area contributed by atoms with Crippen LogP contribution >= 0.6 is 0 Å². The molecule has 1 heterocycles. The zero-order valence-corrected chi connectivity index (χ0v) is 9.74. The Labute approximate surface area is 96.1 Å². The monoisotopic (exact) mass is 221 g/mol. The second-order valence-corrected chi connectivity index (χ2v) is 4.63. The fraction of sp³-hybridized carbons (Fsp3) is 0.667. The summed E-state index contributed by atoms with van der Waals surface area (Å²) in [6.07, 6.45) is 7.01. The first-order valence-electron chi connectivity index (χ1n) is 5.94. The number of anilines is 1. The third kappa shape index (κ3) is 2.92. The average molecular weight is 221 g/mol. The summed E-state index contributed by atoms with van der Waals surface area (Å²) in [5, 5.41) is 13.5. The lowest BCUT2D eigenvalue weighted by Gasteiger charge is -2.32. The summed E-state index contributed by atoms with van der Waals surface area (Å²) in [7, 11) is 0. The number of rotatable bonds is 3. The van der Waals surface area contributed by atoms with E-state index in [9.17, 15) is 5.11 Å². The lowest BCUT2D eigenvalue weighted by atomic mass is 9.85. The highest BCUT2D eigenvalue weighted by molar-refractivity contribution is 5.33. The van der Waals surface area contributed by atoms with Crippen molar-refractivity contribution in [3.05, 3.63) is 18.1 Å². The van der Waals surface area contributed by atoms with Gasteiger partial charge in [-0.3, -0.25) is 0 Å². The molecule has 0 aliphatic heterocycles. The normalized spacial score (nSPS) is 19.4. The number of nitrogens with one attached hydrogen (secondary N) is 1. The SMILES string of the molecule is Cc1nccc(NCC2(O)CCCCC2)n1. The molecule has 0 bridgehead atoms. The van der Waals surface area contributed by atoms with E-state index < -0.39 is 5.60 Å². The van der Waals surface area contributed by atoms with Gasteiger partial charge in [0, 0.05) is 12.7 Å². The van der Waals surface area contributed by atoms with Gasteiger partial charge in [0.2, 0.25) is 0 Å². The first-order valence-corrected chi connectivity index (χ1v) is 5.94. The van der Waals surface area contributed by atoms with E-state index in [0.29, 0.717) is 6.54 Å². The van der Waals surface area contributed by atoms with Crippen molar-refractivity contribution < 1.29 is 5.11 Å². The molecule has 1 aromatic heterocycles. The molecule has 0 unspecified atom stereocenters. The molecule has 2 rings (SSSR count). The first-order chi connectivity index (χ1) is 7.68. The van der Waals surface area contributed by atoms with E-state index in [2.05, 4.69) is 15.3 Å². The van der Waals surface area contributed by atoms with Gasteiger partial charge in [-0.25, -0.2) is 9.97 Å². The third-order valence-corrected chi connectivity index (χ3v) is 3.16. The Morgan fingerprint density at radius 2 is 2.12 bits per heavy atom. The molecule has 0 spiro atoms. The van der Waals surface area contributed by atoms with E-state index in [4.69, 9.17) is 0 Å². The molecule has 4 nitrogen and oxygen atoms in total. The summed E-state index contributed by atoms with van der Waals surface area (Å²) in [5.41, 5.74) is -0.545. The van der Waals surface area contributed by atoms with Crippen LogP contribution in [0.5, 0.6) is 0 Å². The molecule has 0 saturated heterocycles. The Bertz CT molecular complexity index is 348. The van der Waals surface area contributed by atoms with E-state index in [0.717, 1.165) is 37.3 Å². The molecule has 1 saturated carbocycles. The summed E-state index contributed by atoms with van der Waals surface area (Å²) >= 11 is 0. The molecule has 1 aliphatic carbocycles. The van der Waals surface area contributed by atoms with Crippen LogP contribution < -0.4 is 5.32 Å². The van der Waals surface area contributed by atoms with E-state index in [-0.39, 0.29) is 0 Å². The molecule has 16 heavy (non-hydrogen) atoms. The standard InChI is InChI=1S/C12H19N3O/c1-10-13-8-5-11(15-10)14-9-12(16)6-3-2-4-7-12/h5,8,16H,2-4,6-7,9H2,1H3,(H,13,14,15). The zero-order valence-electron chi connectivity index (χ0n) is 9.74. The highest BCUT2D eigenvalue weighted by atomic mass is 16.3. The number of nitrogens with zero attached hydrogens (tertiary/aromatic N) is 2. The maximum Gasteiger partial charge on any atom is 0.129 e. The Morgan fingerprint density at radius 3 is 2.81 bits per heavy atom. The van der Waals surface area contributed by atoms with Gasteiger partial charge in [-0.2, -0.15) is 0 Å². The van der Waals surface area contributed by atoms with Crippen LogP contribution in [0.25, 0.3) is 0 Å². The van der Waals surface area contributed by atoms with Gasteiger partial charge in [0.25, 0.3) is 0 Å². The zero-order chi connectivity index (χ0) is 11.4. The Kier molecular flexibility index (Phi) is 3.39. The Morgan fingerprint density at radius 1 is 1.38 bits per heavy atom. The third-order valence-electron chi connectivity index (χ3n) is 3.16. The van der Waals surface area contributed by atoms with Gasteiger partial charge in [-0.1, -0.05) is 19.3 Å². The van der Waals surface area contributed by atoms with Crippen molar-refractivity contribution in [1.82, 2.24) is 9.97 Å². The molecular formula is C12H19N3O. The average Bonchev–Trinajstić information content (AvgIpc) is 2.28. The fourth-order valence-corrected chi connectivity index (χ4v) is 2.20. The number of aryl methyl sites for hydroxylation is 1. The van der Waals surface area contributed by atoms with Crippen molar-refractivity contribution in [3.8, 4) is 0 Å². The molecule has 0 radical (unpaired) electrons. The van der Waals surface area contributed by atoms with Crippen LogP contribution in [-0.2, 0) is 0 Å². The van der Waals surface area contributed by atoms with Crippen LogP contribution in [0.1, 0.15) is 37.9 Å². The van der Waals surface area contributed by atoms with Crippen molar-refractivity contribution >= 4 is 5.82 Å². The van der Waals surface area contributed by atoms with Gasteiger partial charge in [0.05, 0.1) is 5.60 Å². The molecule has 0 aromatic carbocycles. The topological polar surface area (TPSA) is 58.0 Å². The maximum atomic E-state index is 10.3. The van der Waals surface area contributed by atoms with E-state index in [1.54, 1.807) is 6.20 Å². The van der Waals surface area contributed by atoms with Crippen molar-refractivity contribution in [2.45, 2.75) is 44.6 Å². The predicted molar refractivity (Wildman–Crippen MR) is 63.3 cm³/mol. The molecule has 1 fully saturated rings. The minimum atomic E-state index is -0.545. The summed E-state index contributed by atoms with van der Waals surface area (Å²) < 4.78 is 0. The number of hydrogen-bond donors (Lipinski definition) is 2. The smallest absolute Gasteiger partial charge is 0.129 e. The van der Waals surface area contributed by atoms with Crippen LogP contribution in [0.15, 0.2) is 12.3 Å². The Hall–Kier alpha value is -1.16. The summed E-state index contributed by atoms with van der Waals surface area (Å²) in [4.78, 5) is 8.29. The molecule has 1 aliphatic rings. The van der Waals surface area contributed by atoms with Gasteiger partial charge < -0.3 is 10.4 Å². The van der Waals surface area contributed by atoms with E-state index in [1.807, 2.05) is 13.0 Å². The quantitative estimate of drug-likeness (QED) is 0.818. The molecule has 0 amide bonds. The highest BCUT2D eigenvalue weighted by Gasteiger charge is 2.28. The highest BCUT2D eigenvalue weighted by Crippen LogP contribution is 2.27. The maximum absolute atomic E-state index is 10.3. The minimum Gasteiger partial charge on any atom is -0.388 e. The number of hydrogen-bond acceptors (Lipinski definition) is 4. The van der Waals surface area contributed by atoms with Crippen LogP contribution in [0, 0.1) is 6.92 Å². The Balaban J connectivity index is 1.91. The second-order valence-electron chi connectivity index (χ2n) is 4.63. The molecule has 2 N–H and O–H groups in total. The van der Waals surface area contributed by atoms with Crippen molar-refractivity contribution in [2.24, 2.45) is 0 Å². The summed E-state index contributed by atoms with van der Waals surface area (Å²) in [6.45, 7) is 2.45. The first kappa shape index (κ1) is 11.3. The minimum absolute atomic E-state index is 0.545. The number of aliphatic hydroxyl groups is 1. The van der Waals surface area contributed by atoms with Gasteiger partial charge in [-0.05, 0) is 25.8 Å². The molecule has 88 valence electrons. The summed E-state index contributed by atoms with van der Waals surface area (Å²) in [6, 6.07) is 1.83. The molecule has 1 aromatic rings. The largest absolute Gasteiger partial charge is 0.388 e. The lowest BCUT2D eigenvalue weighted by Crippen LogP contribution is -2.38. The summed E-state index contributed by atoms with van der Waals surface area (Å²) in [5.74, 6) is 1.55. The second kappa shape index (κ2) is 4.78. The van der Waals surface area contributed by atoms with E-state index in [1.165, 1.54) is 6.42 Å². The number of aromatic nitrogens is 2. The molecular weight excluding hydrogens is 202 g/mol. The fourth-order valence-electron chi connectivity index (χ4n) is 2.20. The lowest BCUT2D eigenvalue weighted by molar-refractivity contribution is 0.0166. The van der Waals surface area contributed by atoms with Crippen LogP contribution in [0.2, 0.25) is 0 Å². The van der Waals surface area contributed by atoms with Crippen LogP contribution in [0.3, 0.4) is 0 Å². The molecule has 4 heteroatoms.